The number of aromatic nitrogens is 3. The van der Waals surface area contributed by atoms with E-state index in [1.165, 1.54) is 11.1 Å². The zero-order valence-electron chi connectivity index (χ0n) is 18.1. The lowest BCUT2D eigenvalue weighted by Gasteiger charge is -2.20. The van der Waals surface area contributed by atoms with Gasteiger partial charge >= 0.3 is 0 Å². The van der Waals surface area contributed by atoms with Crippen LogP contribution in [-0.4, -0.2) is 33.2 Å². The summed E-state index contributed by atoms with van der Waals surface area (Å²) in [5.41, 5.74) is 6.93. The molecule has 2 aromatic heterocycles. The molecule has 0 fully saturated rings. The van der Waals surface area contributed by atoms with Gasteiger partial charge in [0.15, 0.2) is 0 Å². The number of fused-ring (bicyclic) bond motifs is 1. The van der Waals surface area contributed by atoms with Crippen molar-refractivity contribution in [2.75, 3.05) is 18.4 Å². The van der Waals surface area contributed by atoms with Gasteiger partial charge in [0.05, 0.1) is 23.3 Å². The number of benzene rings is 1. The van der Waals surface area contributed by atoms with Gasteiger partial charge in [-0.3, -0.25) is 4.98 Å². The third-order valence-corrected chi connectivity index (χ3v) is 4.75. The molecule has 3 aromatic rings. The van der Waals surface area contributed by atoms with Gasteiger partial charge in [-0.05, 0) is 83.8 Å². The van der Waals surface area contributed by atoms with Crippen LogP contribution in [0.3, 0.4) is 0 Å². The van der Waals surface area contributed by atoms with Crippen molar-refractivity contribution < 1.29 is 0 Å². The Bertz CT molecular complexity index is 950. The van der Waals surface area contributed by atoms with Crippen molar-refractivity contribution >= 4 is 17.0 Å². The average Bonchev–Trinajstić information content (AvgIpc) is 2.92. The van der Waals surface area contributed by atoms with E-state index >= 15 is 0 Å². The van der Waals surface area contributed by atoms with Crippen LogP contribution in [-0.2, 0) is 6.54 Å². The van der Waals surface area contributed by atoms with Crippen molar-refractivity contribution in [2.24, 2.45) is 0 Å². The highest BCUT2D eigenvalue weighted by molar-refractivity contribution is 5.82. The molecule has 0 unspecified atom stereocenters. The SMILES string of the molecule is Cc1cc(C)c2nc(NCCCNC(C)(C)C)n(Cc3cccc(C)n3)c2c1. The first-order chi connectivity index (χ1) is 13.2. The van der Waals surface area contributed by atoms with E-state index in [1.54, 1.807) is 0 Å². The fourth-order valence-electron chi connectivity index (χ4n) is 3.47. The molecule has 150 valence electrons. The minimum absolute atomic E-state index is 0.151. The van der Waals surface area contributed by atoms with E-state index in [0.717, 1.165) is 47.9 Å². The molecule has 0 amide bonds. The maximum absolute atomic E-state index is 4.92. The number of hydrogen-bond donors (Lipinski definition) is 2. The number of imidazole rings is 1. The van der Waals surface area contributed by atoms with Crippen LogP contribution in [0.15, 0.2) is 30.3 Å². The summed E-state index contributed by atoms with van der Waals surface area (Å²) in [6, 6.07) is 10.6. The van der Waals surface area contributed by atoms with Crippen LogP contribution in [0.5, 0.6) is 0 Å². The van der Waals surface area contributed by atoms with E-state index < -0.39 is 0 Å². The molecule has 2 N–H and O–H groups in total. The Morgan fingerprint density at radius 1 is 1.00 bits per heavy atom. The number of rotatable bonds is 7. The maximum Gasteiger partial charge on any atom is 0.204 e. The van der Waals surface area contributed by atoms with Crippen molar-refractivity contribution in [1.29, 1.82) is 0 Å². The molecule has 0 radical (unpaired) electrons. The van der Waals surface area contributed by atoms with E-state index in [9.17, 15) is 0 Å². The second kappa shape index (κ2) is 8.31. The van der Waals surface area contributed by atoms with Gasteiger partial charge in [0.25, 0.3) is 0 Å². The van der Waals surface area contributed by atoms with E-state index in [1.807, 2.05) is 13.0 Å². The summed E-state index contributed by atoms with van der Waals surface area (Å²) in [6.45, 7) is 15.5. The standard InChI is InChI=1S/C23H33N5/c1-16-13-17(2)21-20(14-16)28(15-19-10-7-9-18(3)26-19)22(27-21)24-11-8-12-25-23(4,5)6/h7,9-10,13-14,25H,8,11-12,15H2,1-6H3,(H,24,27). The van der Waals surface area contributed by atoms with Crippen molar-refractivity contribution in [1.82, 2.24) is 19.9 Å². The first-order valence-electron chi connectivity index (χ1n) is 10.1. The predicted octanol–water partition coefficient (Wildman–Crippen LogP) is 4.59. The molecular formula is C23H33N5. The largest absolute Gasteiger partial charge is 0.356 e. The molecule has 28 heavy (non-hydrogen) atoms. The van der Waals surface area contributed by atoms with Crippen LogP contribution in [0.4, 0.5) is 5.95 Å². The van der Waals surface area contributed by atoms with Crippen molar-refractivity contribution in [2.45, 2.75) is 60.0 Å². The van der Waals surface area contributed by atoms with Crippen LogP contribution in [0, 0.1) is 20.8 Å². The molecule has 2 heterocycles. The van der Waals surface area contributed by atoms with Crippen LogP contribution in [0.25, 0.3) is 11.0 Å². The summed E-state index contributed by atoms with van der Waals surface area (Å²) in [5.74, 6) is 0.919. The predicted molar refractivity (Wildman–Crippen MR) is 118 cm³/mol. The summed E-state index contributed by atoms with van der Waals surface area (Å²) < 4.78 is 2.26. The quantitative estimate of drug-likeness (QED) is 0.589. The molecule has 5 heteroatoms. The van der Waals surface area contributed by atoms with Crippen molar-refractivity contribution in [3.05, 3.63) is 52.8 Å². The second-order valence-electron chi connectivity index (χ2n) is 8.70. The highest BCUT2D eigenvalue weighted by atomic mass is 15.2. The summed E-state index contributed by atoms with van der Waals surface area (Å²) in [6.07, 6.45) is 1.04. The third kappa shape index (κ3) is 5.10. The van der Waals surface area contributed by atoms with Gasteiger partial charge in [0.1, 0.15) is 0 Å². The number of nitrogens with one attached hydrogen (secondary N) is 2. The number of aryl methyl sites for hydroxylation is 3. The summed E-state index contributed by atoms with van der Waals surface area (Å²) >= 11 is 0. The lowest BCUT2D eigenvalue weighted by molar-refractivity contribution is 0.425. The van der Waals surface area contributed by atoms with Gasteiger partial charge in [0, 0.05) is 17.8 Å². The highest BCUT2D eigenvalue weighted by Gasteiger charge is 2.14. The molecule has 0 saturated heterocycles. The Morgan fingerprint density at radius 3 is 2.50 bits per heavy atom. The van der Waals surface area contributed by atoms with E-state index in [2.05, 4.69) is 74.1 Å². The Balaban J connectivity index is 1.85. The zero-order chi connectivity index (χ0) is 20.3. The third-order valence-electron chi connectivity index (χ3n) is 4.75. The molecule has 0 aliphatic heterocycles. The molecule has 3 rings (SSSR count). The van der Waals surface area contributed by atoms with Crippen LogP contribution >= 0.6 is 0 Å². The topological polar surface area (TPSA) is 54.8 Å². The number of hydrogen-bond acceptors (Lipinski definition) is 4. The molecular weight excluding hydrogens is 346 g/mol. The first-order valence-corrected chi connectivity index (χ1v) is 10.1. The fraction of sp³-hybridized carbons (Fsp3) is 0.478. The highest BCUT2D eigenvalue weighted by Crippen LogP contribution is 2.25. The number of pyridine rings is 1. The molecule has 0 bridgehead atoms. The molecule has 0 atom stereocenters. The normalized spacial score (nSPS) is 11.9. The lowest BCUT2D eigenvalue weighted by Crippen LogP contribution is -2.37. The molecule has 0 spiro atoms. The molecule has 5 nitrogen and oxygen atoms in total. The number of nitrogens with zero attached hydrogens (tertiary/aromatic N) is 3. The number of anilines is 1. The van der Waals surface area contributed by atoms with Crippen molar-refractivity contribution in [3.63, 3.8) is 0 Å². The van der Waals surface area contributed by atoms with Gasteiger partial charge in [-0.1, -0.05) is 12.1 Å². The van der Waals surface area contributed by atoms with Crippen molar-refractivity contribution in [3.8, 4) is 0 Å². The molecule has 1 aromatic carbocycles. The van der Waals surface area contributed by atoms with Gasteiger partial charge < -0.3 is 15.2 Å². The Hall–Kier alpha value is -2.40. The molecule has 0 saturated carbocycles. The second-order valence-corrected chi connectivity index (χ2v) is 8.70. The molecule has 0 aliphatic carbocycles. The molecule has 0 aliphatic rings. The zero-order valence-corrected chi connectivity index (χ0v) is 18.1. The van der Waals surface area contributed by atoms with E-state index in [4.69, 9.17) is 9.97 Å². The first kappa shape index (κ1) is 20.3. The maximum atomic E-state index is 4.92. The Morgan fingerprint density at radius 2 is 1.79 bits per heavy atom. The smallest absolute Gasteiger partial charge is 0.204 e. The summed E-state index contributed by atoms with van der Waals surface area (Å²) in [5, 5.41) is 7.09. The van der Waals surface area contributed by atoms with Crippen LogP contribution in [0.2, 0.25) is 0 Å². The average molecular weight is 380 g/mol. The lowest BCUT2D eigenvalue weighted by atomic mass is 10.1. The Labute approximate surface area is 168 Å². The van der Waals surface area contributed by atoms with Gasteiger partial charge in [-0.2, -0.15) is 0 Å². The van der Waals surface area contributed by atoms with E-state index in [0.29, 0.717) is 6.54 Å². The van der Waals surface area contributed by atoms with Gasteiger partial charge in [0.2, 0.25) is 5.95 Å². The van der Waals surface area contributed by atoms with Gasteiger partial charge in [-0.25, -0.2) is 4.98 Å². The Kier molecular flexibility index (Phi) is 6.04. The van der Waals surface area contributed by atoms with E-state index in [-0.39, 0.29) is 5.54 Å². The van der Waals surface area contributed by atoms with Crippen LogP contribution in [0.1, 0.15) is 49.7 Å². The minimum atomic E-state index is 0.151. The van der Waals surface area contributed by atoms with Crippen LogP contribution < -0.4 is 10.6 Å². The fourth-order valence-corrected chi connectivity index (χ4v) is 3.47. The van der Waals surface area contributed by atoms with Gasteiger partial charge in [-0.15, -0.1) is 0 Å². The minimum Gasteiger partial charge on any atom is -0.356 e. The monoisotopic (exact) mass is 379 g/mol. The summed E-state index contributed by atoms with van der Waals surface area (Å²) in [7, 11) is 0. The summed E-state index contributed by atoms with van der Waals surface area (Å²) in [4.78, 5) is 9.61.